The molecule has 0 aromatic heterocycles. The molecule has 0 heterocycles. The third-order valence-corrected chi connectivity index (χ3v) is 2.75. The lowest BCUT2D eigenvalue weighted by Crippen LogP contribution is -2.70. The third kappa shape index (κ3) is 4.20. The Bertz CT molecular complexity index is 390. The van der Waals surface area contributed by atoms with E-state index in [0.717, 1.165) is 0 Å². The second kappa shape index (κ2) is 7.15. The number of aliphatic hydroxyl groups excluding tert-OH is 2. The van der Waals surface area contributed by atoms with Crippen molar-refractivity contribution in [1.82, 2.24) is 0 Å². The van der Waals surface area contributed by atoms with Crippen LogP contribution in [0.5, 0.6) is 0 Å². The van der Waals surface area contributed by atoms with Crippen LogP contribution in [0.3, 0.4) is 0 Å². The van der Waals surface area contributed by atoms with Gasteiger partial charge in [-0.1, -0.05) is 0 Å². The topological polar surface area (TPSA) is 49.7 Å². The number of alkyl halides is 11. The fourth-order valence-electron chi connectivity index (χ4n) is 1.40. The van der Waals surface area contributed by atoms with Crippen LogP contribution in [0, 0.1) is 0 Å². The van der Waals surface area contributed by atoms with Gasteiger partial charge in [-0.15, -0.1) is 0 Å². The van der Waals surface area contributed by atoms with Gasteiger partial charge < -0.3 is 14.9 Å². The van der Waals surface area contributed by atoms with E-state index in [-0.39, 0.29) is 0 Å². The van der Waals surface area contributed by atoms with Crippen LogP contribution < -0.4 is 0 Å². The summed E-state index contributed by atoms with van der Waals surface area (Å²) in [6, 6.07) is 0. The molecule has 0 aromatic rings. The summed E-state index contributed by atoms with van der Waals surface area (Å²) in [6.07, 6.45) is -18.8. The first-order valence-corrected chi connectivity index (χ1v) is 5.90. The fourth-order valence-corrected chi connectivity index (χ4v) is 1.40. The molecule has 14 heteroatoms. The van der Waals surface area contributed by atoms with Crippen molar-refractivity contribution < 1.29 is 63.2 Å². The van der Waals surface area contributed by atoms with Crippen molar-refractivity contribution in [2.75, 3.05) is 19.8 Å². The van der Waals surface area contributed by atoms with Crippen LogP contribution in [0.4, 0.5) is 48.3 Å². The maximum absolute atomic E-state index is 13.2. The van der Waals surface area contributed by atoms with E-state index < -0.39 is 62.2 Å². The summed E-state index contributed by atoms with van der Waals surface area (Å²) >= 11 is 0. The molecule has 0 aromatic carbocycles. The molecule has 0 rings (SSSR count). The van der Waals surface area contributed by atoms with Gasteiger partial charge >= 0.3 is 29.9 Å². The van der Waals surface area contributed by atoms with Gasteiger partial charge in [0.1, 0.15) is 6.10 Å². The summed E-state index contributed by atoms with van der Waals surface area (Å²) in [7, 11) is 0. The Morgan fingerprint density at radius 3 is 1.54 bits per heavy atom. The normalized spacial score (nSPS) is 16.4. The minimum Gasteiger partial charge on any atom is -0.394 e. The zero-order valence-electron chi connectivity index (χ0n) is 11.4. The van der Waals surface area contributed by atoms with Crippen molar-refractivity contribution in [3.8, 4) is 0 Å². The molecule has 0 bridgehead atoms. The molecule has 0 fully saturated rings. The Balaban J connectivity index is 5.42. The average Bonchev–Trinajstić information content (AvgIpc) is 2.39. The summed E-state index contributed by atoms with van der Waals surface area (Å²) in [5, 5.41) is 17.0. The third-order valence-electron chi connectivity index (χ3n) is 2.75. The highest BCUT2D eigenvalue weighted by atomic mass is 19.4. The zero-order chi connectivity index (χ0) is 19.6. The van der Waals surface area contributed by atoms with E-state index in [1.54, 1.807) is 0 Å². The van der Waals surface area contributed by atoms with Crippen LogP contribution in [0.15, 0.2) is 0 Å². The van der Waals surface area contributed by atoms with Crippen LogP contribution in [0.2, 0.25) is 0 Å². The lowest BCUT2D eigenvalue weighted by atomic mass is 9.89. The van der Waals surface area contributed by atoms with E-state index in [4.69, 9.17) is 10.2 Å². The zero-order valence-corrected chi connectivity index (χ0v) is 11.4. The average molecular weight is 388 g/mol. The maximum atomic E-state index is 13.2. The van der Waals surface area contributed by atoms with Gasteiger partial charge in [0.15, 0.2) is 0 Å². The van der Waals surface area contributed by atoms with E-state index in [0.29, 0.717) is 0 Å². The molecule has 24 heavy (non-hydrogen) atoms. The molecule has 0 aliphatic carbocycles. The van der Waals surface area contributed by atoms with Crippen LogP contribution in [0.25, 0.3) is 0 Å². The molecule has 0 aliphatic rings. The predicted octanol–water partition coefficient (Wildman–Crippen LogP) is 2.85. The first-order chi connectivity index (χ1) is 10.5. The van der Waals surface area contributed by atoms with Crippen molar-refractivity contribution in [1.29, 1.82) is 0 Å². The minimum atomic E-state index is -7.49. The van der Waals surface area contributed by atoms with Gasteiger partial charge in [0.25, 0.3) is 0 Å². The molecule has 146 valence electrons. The molecule has 1 unspecified atom stereocenters. The molecule has 0 saturated heterocycles. The SMILES string of the molecule is OCC(O)COCCC(F)(F)C(F)(F)C(F)(C(F)(F)F)C(F)(F)F. The van der Waals surface area contributed by atoms with Crippen molar-refractivity contribution >= 4 is 0 Å². The molecule has 0 radical (unpaired) electrons. The number of rotatable bonds is 8. The predicted molar refractivity (Wildman–Crippen MR) is 54.4 cm³/mol. The van der Waals surface area contributed by atoms with Crippen molar-refractivity contribution in [3.63, 3.8) is 0 Å². The molecule has 0 saturated carbocycles. The highest BCUT2D eigenvalue weighted by Gasteiger charge is 2.89. The molecular formula is C10H11F11O3. The van der Waals surface area contributed by atoms with Gasteiger partial charge in [-0.05, 0) is 0 Å². The molecule has 1 atom stereocenters. The van der Waals surface area contributed by atoms with E-state index in [9.17, 15) is 48.3 Å². The van der Waals surface area contributed by atoms with Crippen molar-refractivity contribution in [2.45, 2.75) is 42.4 Å². The Labute approximate surface area is 127 Å². The van der Waals surface area contributed by atoms with E-state index in [1.807, 2.05) is 0 Å². The monoisotopic (exact) mass is 388 g/mol. The number of hydrogen-bond acceptors (Lipinski definition) is 3. The number of halogens is 11. The van der Waals surface area contributed by atoms with Gasteiger partial charge in [0.05, 0.1) is 19.8 Å². The van der Waals surface area contributed by atoms with Gasteiger partial charge in [-0.2, -0.15) is 43.9 Å². The highest BCUT2D eigenvalue weighted by Crippen LogP contribution is 2.59. The molecule has 3 nitrogen and oxygen atoms in total. The Hall–Kier alpha value is -0.890. The maximum Gasteiger partial charge on any atom is 0.438 e. The van der Waals surface area contributed by atoms with Crippen molar-refractivity contribution in [2.24, 2.45) is 0 Å². The quantitative estimate of drug-likeness (QED) is 0.497. The standard InChI is InChI=1S/C10H11F11O3/c11-6(12,1-2-24-4-5(23)3-22)8(14,15)7(13,9(16,17)18)10(19,20)21/h5,22-23H,1-4H2. The molecule has 2 N–H and O–H groups in total. The molecule has 0 spiro atoms. The first kappa shape index (κ1) is 23.1. The summed E-state index contributed by atoms with van der Waals surface area (Å²) in [6.45, 7) is -3.40. The summed E-state index contributed by atoms with van der Waals surface area (Å²) in [4.78, 5) is 0. The van der Waals surface area contributed by atoms with Gasteiger partial charge in [0, 0.05) is 6.42 Å². The summed E-state index contributed by atoms with van der Waals surface area (Å²) in [5.74, 6) is -13.3. The van der Waals surface area contributed by atoms with Crippen LogP contribution in [-0.2, 0) is 4.74 Å². The van der Waals surface area contributed by atoms with Gasteiger partial charge in [-0.3, -0.25) is 0 Å². The molecular weight excluding hydrogens is 377 g/mol. The van der Waals surface area contributed by atoms with Gasteiger partial charge in [-0.25, -0.2) is 4.39 Å². The van der Waals surface area contributed by atoms with E-state index in [1.165, 1.54) is 0 Å². The lowest BCUT2D eigenvalue weighted by molar-refractivity contribution is -0.427. The number of ether oxygens (including phenoxy) is 1. The minimum absolute atomic E-state index is 0.919. The largest absolute Gasteiger partial charge is 0.438 e. The highest BCUT2D eigenvalue weighted by molar-refractivity contribution is 5.10. The Kier molecular flexibility index (Phi) is 6.89. The smallest absolute Gasteiger partial charge is 0.394 e. The summed E-state index contributed by atoms with van der Waals surface area (Å²) in [5.41, 5.74) is -7.49. The van der Waals surface area contributed by atoms with Gasteiger partial charge in [0.2, 0.25) is 0 Å². The fraction of sp³-hybridized carbons (Fsp3) is 1.00. The lowest BCUT2D eigenvalue weighted by Gasteiger charge is -2.39. The second-order valence-corrected chi connectivity index (χ2v) is 4.59. The van der Waals surface area contributed by atoms with E-state index >= 15 is 0 Å². The summed E-state index contributed by atoms with van der Waals surface area (Å²) < 4.78 is 143. The Morgan fingerprint density at radius 1 is 0.792 bits per heavy atom. The number of hydrogen-bond donors (Lipinski definition) is 2. The van der Waals surface area contributed by atoms with Crippen LogP contribution >= 0.6 is 0 Å². The van der Waals surface area contributed by atoms with Crippen molar-refractivity contribution in [3.05, 3.63) is 0 Å². The first-order valence-electron chi connectivity index (χ1n) is 5.90. The number of aliphatic hydroxyl groups is 2. The van der Waals surface area contributed by atoms with E-state index in [2.05, 4.69) is 4.74 Å². The van der Waals surface area contributed by atoms with Crippen LogP contribution in [0.1, 0.15) is 6.42 Å². The Morgan fingerprint density at radius 2 is 1.21 bits per heavy atom. The molecule has 0 amide bonds. The molecule has 0 aliphatic heterocycles. The van der Waals surface area contributed by atoms with Crippen LogP contribution in [-0.4, -0.2) is 66.0 Å². The second-order valence-electron chi connectivity index (χ2n) is 4.59.